The molecule has 2 atom stereocenters. The van der Waals surface area contributed by atoms with Gasteiger partial charge in [-0.25, -0.2) is 0 Å². The summed E-state index contributed by atoms with van der Waals surface area (Å²) in [4.78, 5) is 22.4. The van der Waals surface area contributed by atoms with Gasteiger partial charge < -0.3 is 10.4 Å². The highest BCUT2D eigenvalue weighted by Gasteiger charge is 2.36. The van der Waals surface area contributed by atoms with E-state index >= 15 is 0 Å². The number of carbonyl (C=O) groups is 2. The van der Waals surface area contributed by atoms with Crippen LogP contribution in [-0.2, 0) is 9.59 Å². The van der Waals surface area contributed by atoms with Crippen LogP contribution in [0.5, 0.6) is 0 Å². The van der Waals surface area contributed by atoms with Gasteiger partial charge in [-0.15, -0.1) is 0 Å². The number of rotatable bonds is 5. The molecule has 0 aromatic rings. The Balaban J connectivity index is 2.29. The Bertz CT molecular complexity index is 271. The van der Waals surface area contributed by atoms with Crippen LogP contribution in [0.25, 0.3) is 0 Å². The molecule has 0 bridgehead atoms. The van der Waals surface area contributed by atoms with Crippen LogP contribution in [0, 0.1) is 17.8 Å². The third kappa shape index (κ3) is 2.97. The molecule has 2 unspecified atom stereocenters. The first-order valence-electron chi connectivity index (χ1n) is 5.98. The third-order valence-corrected chi connectivity index (χ3v) is 3.74. The number of hydrogen-bond acceptors (Lipinski definition) is 2. The SMILES string of the molecule is CCC(C)C(C)C(=O)NC1CC(C(=O)O)C1. The maximum Gasteiger partial charge on any atom is 0.306 e. The van der Waals surface area contributed by atoms with Crippen LogP contribution in [-0.4, -0.2) is 23.0 Å². The van der Waals surface area contributed by atoms with E-state index in [0.29, 0.717) is 18.8 Å². The van der Waals surface area contributed by atoms with Crippen molar-refractivity contribution < 1.29 is 14.7 Å². The molecular weight excluding hydrogens is 206 g/mol. The second-order valence-corrected chi connectivity index (χ2v) is 4.89. The van der Waals surface area contributed by atoms with Gasteiger partial charge >= 0.3 is 5.97 Å². The topological polar surface area (TPSA) is 66.4 Å². The summed E-state index contributed by atoms with van der Waals surface area (Å²) in [5.41, 5.74) is 0. The summed E-state index contributed by atoms with van der Waals surface area (Å²) in [6.07, 6.45) is 2.14. The fourth-order valence-electron chi connectivity index (χ4n) is 1.88. The van der Waals surface area contributed by atoms with Crippen molar-refractivity contribution in [2.24, 2.45) is 17.8 Å². The molecule has 2 N–H and O–H groups in total. The minimum absolute atomic E-state index is 0.00822. The molecule has 0 heterocycles. The highest BCUT2D eigenvalue weighted by atomic mass is 16.4. The lowest BCUT2D eigenvalue weighted by molar-refractivity contribution is -0.146. The first-order valence-corrected chi connectivity index (χ1v) is 5.98. The van der Waals surface area contributed by atoms with Crippen LogP contribution in [0.15, 0.2) is 0 Å². The van der Waals surface area contributed by atoms with Gasteiger partial charge in [-0.1, -0.05) is 27.2 Å². The van der Waals surface area contributed by atoms with Crippen LogP contribution in [0.4, 0.5) is 0 Å². The third-order valence-electron chi connectivity index (χ3n) is 3.74. The lowest BCUT2D eigenvalue weighted by Gasteiger charge is -2.34. The van der Waals surface area contributed by atoms with Gasteiger partial charge in [0.15, 0.2) is 0 Å². The summed E-state index contributed by atoms with van der Waals surface area (Å²) < 4.78 is 0. The molecule has 4 nitrogen and oxygen atoms in total. The molecule has 1 aliphatic rings. The predicted octanol–water partition coefficient (Wildman–Crippen LogP) is 1.65. The maximum absolute atomic E-state index is 11.8. The molecule has 0 saturated heterocycles. The molecule has 1 saturated carbocycles. The minimum Gasteiger partial charge on any atom is -0.481 e. The first kappa shape index (κ1) is 13.0. The van der Waals surface area contributed by atoms with E-state index in [0.717, 1.165) is 6.42 Å². The fourth-order valence-corrected chi connectivity index (χ4v) is 1.88. The molecule has 1 aliphatic carbocycles. The van der Waals surface area contributed by atoms with E-state index in [1.807, 2.05) is 6.92 Å². The van der Waals surface area contributed by atoms with E-state index in [2.05, 4.69) is 19.2 Å². The molecule has 0 spiro atoms. The van der Waals surface area contributed by atoms with Gasteiger partial charge in [0, 0.05) is 12.0 Å². The summed E-state index contributed by atoms with van der Waals surface area (Å²) in [5.74, 6) is -0.572. The van der Waals surface area contributed by atoms with E-state index < -0.39 is 5.97 Å². The molecule has 1 amide bonds. The average molecular weight is 227 g/mol. The van der Waals surface area contributed by atoms with Gasteiger partial charge in [-0.05, 0) is 18.8 Å². The average Bonchev–Trinajstić information content (AvgIpc) is 2.19. The highest BCUT2D eigenvalue weighted by molar-refractivity contribution is 5.79. The Labute approximate surface area is 96.4 Å². The molecule has 1 rings (SSSR count). The Kier molecular flexibility index (Phi) is 4.33. The summed E-state index contributed by atoms with van der Waals surface area (Å²) in [6.45, 7) is 6.06. The number of carbonyl (C=O) groups excluding carboxylic acids is 1. The number of carboxylic acids is 1. The predicted molar refractivity (Wildman–Crippen MR) is 60.9 cm³/mol. The van der Waals surface area contributed by atoms with Gasteiger partial charge in [0.25, 0.3) is 0 Å². The number of aliphatic carboxylic acids is 1. The second kappa shape index (κ2) is 5.32. The van der Waals surface area contributed by atoms with E-state index in [4.69, 9.17) is 5.11 Å². The van der Waals surface area contributed by atoms with Crippen LogP contribution in [0.3, 0.4) is 0 Å². The van der Waals surface area contributed by atoms with Crippen LogP contribution < -0.4 is 5.32 Å². The lowest BCUT2D eigenvalue weighted by atomic mass is 9.80. The molecule has 0 radical (unpaired) electrons. The van der Waals surface area contributed by atoms with E-state index in [-0.39, 0.29) is 23.8 Å². The van der Waals surface area contributed by atoms with Gasteiger partial charge in [-0.2, -0.15) is 0 Å². The van der Waals surface area contributed by atoms with Gasteiger partial charge in [0.1, 0.15) is 0 Å². The van der Waals surface area contributed by atoms with Crippen molar-refractivity contribution >= 4 is 11.9 Å². The second-order valence-electron chi connectivity index (χ2n) is 4.89. The lowest BCUT2D eigenvalue weighted by Crippen LogP contribution is -2.48. The molecule has 0 aliphatic heterocycles. The molecule has 16 heavy (non-hydrogen) atoms. The zero-order valence-corrected chi connectivity index (χ0v) is 10.2. The Morgan fingerprint density at radius 1 is 1.38 bits per heavy atom. The Hall–Kier alpha value is -1.06. The molecular formula is C12H21NO3. The van der Waals surface area contributed by atoms with Crippen molar-refractivity contribution in [3.05, 3.63) is 0 Å². The molecule has 4 heteroatoms. The van der Waals surface area contributed by atoms with Crippen LogP contribution >= 0.6 is 0 Å². The highest BCUT2D eigenvalue weighted by Crippen LogP contribution is 2.28. The largest absolute Gasteiger partial charge is 0.481 e. The summed E-state index contributed by atoms with van der Waals surface area (Å²) in [6, 6.07) is 0.0695. The fraction of sp³-hybridized carbons (Fsp3) is 0.833. The van der Waals surface area contributed by atoms with Crippen molar-refractivity contribution in [2.45, 2.75) is 46.1 Å². The van der Waals surface area contributed by atoms with Crippen molar-refractivity contribution in [2.75, 3.05) is 0 Å². The number of nitrogens with one attached hydrogen (secondary N) is 1. The number of hydrogen-bond donors (Lipinski definition) is 2. The van der Waals surface area contributed by atoms with E-state index in [1.54, 1.807) is 0 Å². The number of carboxylic acid groups (broad SMARTS) is 1. The van der Waals surface area contributed by atoms with Crippen molar-refractivity contribution in [1.82, 2.24) is 5.32 Å². The Morgan fingerprint density at radius 2 is 1.94 bits per heavy atom. The van der Waals surface area contributed by atoms with Gasteiger partial charge in [0.2, 0.25) is 5.91 Å². The standard InChI is InChI=1S/C12H21NO3/c1-4-7(2)8(3)11(14)13-10-5-9(6-10)12(15)16/h7-10H,4-6H2,1-3H3,(H,13,14)(H,15,16). The summed E-state index contributed by atoms with van der Waals surface area (Å²) >= 11 is 0. The zero-order chi connectivity index (χ0) is 12.3. The van der Waals surface area contributed by atoms with Gasteiger partial charge in [-0.3, -0.25) is 9.59 Å². The summed E-state index contributed by atoms with van der Waals surface area (Å²) in [5, 5.41) is 11.6. The van der Waals surface area contributed by atoms with Gasteiger partial charge in [0.05, 0.1) is 5.92 Å². The molecule has 0 aromatic heterocycles. The smallest absolute Gasteiger partial charge is 0.306 e. The Morgan fingerprint density at radius 3 is 2.38 bits per heavy atom. The van der Waals surface area contributed by atoms with Crippen molar-refractivity contribution in [1.29, 1.82) is 0 Å². The molecule has 92 valence electrons. The molecule has 1 fully saturated rings. The maximum atomic E-state index is 11.8. The summed E-state index contributed by atoms with van der Waals surface area (Å²) in [7, 11) is 0. The normalized spacial score (nSPS) is 27.7. The van der Waals surface area contributed by atoms with Crippen molar-refractivity contribution in [3.8, 4) is 0 Å². The number of amides is 1. The zero-order valence-electron chi connectivity index (χ0n) is 10.2. The van der Waals surface area contributed by atoms with Crippen LogP contribution in [0.1, 0.15) is 40.0 Å². The first-order chi connectivity index (χ1) is 7.45. The minimum atomic E-state index is -0.750. The quantitative estimate of drug-likeness (QED) is 0.750. The monoisotopic (exact) mass is 227 g/mol. The van der Waals surface area contributed by atoms with Crippen molar-refractivity contribution in [3.63, 3.8) is 0 Å². The van der Waals surface area contributed by atoms with E-state index in [1.165, 1.54) is 0 Å². The molecule has 0 aromatic carbocycles. The van der Waals surface area contributed by atoms with E-state index in [9.17, 15) is 9.59 Å². The van der Waals surface area contributed by atoms with Crippen LogP contribution in [0.2, 0.25) is 0 Å².